The second kappa shape index (κ2) is 7.62. The second-order valence-corrected chi connectivity index (χ2v) is 5.69. The number of urea groups is 1. The fraction of sp³-hybridized carbons (Fsp3) is 0.929. The Bertz CT molecular complexity index is 247. The fourth-order valence-corrected chi connectivity index (χ4v) is 2.37. The van der Waals surface area contributed by atoms with Crippen molar-refractivity contribution < 1.29 is 4.79 Å². The average Bonchev–Trinajstić information content (AvgIpc) is 2.34. The second-order valence-electron chi connectivity index (χ2n) is 5.69. The van der Waals surface area contributed by atoms with Crippen LogP contribution in [0.2, 0.25) is 0 Å². The Kier molecular flexibility index (Phi) is 6.47. The molecule has 0 aromatic heterocycles. The van der Waals surface area contributed by atoms with Gasteiger partial charge in [-0.05, 0) is 52.7 Å². The van der Waals surface area contributed by atoms with Crippen LogP contribution in [0.5, 0.6) is 0 Å². The van der Waals surface area contributed by atoms with E-state index < -0.39 is 0 Å². The van der Waals surface area contributed by atoms with Gasteiger partial charge < -0.3 is 14.7 Å². The first-order valence-electron chi connectivity index (χ1n) is 7.23. The minimum atomic E-state index is 0.239. The number of nitrogens with zero attached hydrogens (tertiary/aromatic N) is 3. The topological polar surface area (TPSA) is 26.8 Å². The summed E-state index contributed by atoms with van der Waals surface area (Å²) in [5, 5.41) is 0. The standard InChI is InChI=1S/C14H29N3O/c1-5-16(10-6-9-15(3)4)14(18)17-11-7-13(2)8-12-17/h13H,5-12H2,1-4H3. The van der Waals surface area contributed by atoms with Gasteiger partial charge in [0.2, 0.25) is 0 Å². The third-order valence-electron chi connectivity index (χ3n) is 3.74. The highest BCUT2D eigenvalue weighted by molar-refractivity contribution is 5.74. The van der Waals surface area contributed by atoms with Crippen LogP contribution < -0.4 is 0 Å². The molecule has 106 valence electrons. The number of hydrogen-bond donors (Lipinski definition) is 0. The van der Waals surface area contributed by atoms with Gasteiger partial charge in [-0.25, -0.2) is 4.79 Å². The molecular formula is C14H29N3O. The summed E-state index contributed by atoms with van der Waals surface area (Å²) in [5.41, 5.74) is 0. The van der Waals surface area contributed by atoms with Crippen LogP contribution in [0.3, 0.4) is 0 Å². The molecule has 1 heterocycles. The van der Waals surface area contributed by atoms with E-state index in [2.05, 4.69) is 32.8 Å². The van der Waals surface area contributed by atoms with Crippen LogP contribution in [0.15, 0.2) is 0 Å². The molecular weight excluding hydrogens is 226 g/mol. The lowest BCUT2D eigenvalue weighted by molar-refractivity contribution is 0.135. The molecule has 0 saturated carbocycles. The molecule has 0 bridgehead atoms. The lowest BCUT2D eigenvalue weighted by Gasteiger charge is -2.34. The molecule has 2 amide bonds. The lowest BCUT2D eigenvalue weighted by atomic mass is 9.99. The van der Waals surface area contributed by atoms with Crippen LogP contribution >= 0.6 is 0 Å². The summed E-state index contributed by atoms with van der Waals surface area (Å²) in [4.78, 5) is 18.5. The summed E-state index contributed by atoms with van der Waals surface area (Å²) in [6, 6.07) is 0.239. The molecule has 18 heavy (non-hydrogen) atoms. The summed E-state index contributed by atoms with van der Waals surface area (Å²) in [5.74, 6) is 0.776. The van der Waals surface area contributed by atoms with Crippen molar-refractivity contribution in [1.29, 1.82) is 0 Å². The molecule has 1 saturated heterocycles. The molecule has 1 rings (SSSR count). The molecule has 0 atom stereocenters. The molecule has 1 aliphatic rings. The Hall–Kier alpha value is -0.770. The summed E-state index contributed by atoms with van der Waals surface area (Å²) < 4.78 is 0. The van der Waals surface area contributed by atoms with Gasteiger partial charge in [0.15, 0.2) is 0 Å². The first-order valence-corrected chi connectivity index (χ1v) is 7.23. The minimum Gasteiger partial charge on any atom is -0.325 e. The van der Waals surface area contributed by atoms with Crippen molar-refractivity contribution in [1.82, 2.24) is 14.7 Å². The highest BCUT2D eigenvalue weighted by atomic mass is 16.2. The number of carbonyl (C=O) groups is 1. The van der Waals surface area contributed by atoms with Gasteiger partial charge in [0.05, 0.1) is 0 Å². The third-order valence-corrected chi connectivity index (χ3v) is 3.74. The number of hydrogen-bond acceptors (Lipinski definition) is 2. The molecule has 0 radical (unpaired) electrons. The first kappa shape index (κ1) is 15.3. The van der Waals surface area contributed by atoms with E-state index in [4.69, 9.17) is 0 Å². The van der Waals surface area contributed by atoms with Crippen molar-refractivity contribution in [3.8, 4) is 0 Å². The van der Waals surface area contributed by atoms with Crippen molar-refractivity contribution in [3.05, 3.63) is 0 Å². The zero-order valence-electron chi connectivity index (χ0n) is 12.5. The zero-order valence-corrected chi connectivity index (χ0v) is 12.5. The number of likely N-dealkylation sites (tertiary alicyclic amines) is 1. The molecule has 1 aliphatic heterocycles. The Balaban J connectivity index is 2.36. The van der Waals surface area contributed by atoms with Crippen LogP contribution in [0.4, 0.5) is 4.79 Å². The van der Waals surface area contributed by atoms with Gasteiger partial charge in [0.25, 0.3) is 0 Å². The molecule has 0 aromatic rings. The van der Waals surface area contributed by atoms with E-state index >= 15 is 0 Å². The molecule has 4 nitrogen and oxygen atoms in total. The normalized spacial score (nSPS) is 17.3. The van der Waals surface area contributed by atoms with E-state index in [1.54, 1.807) is 0 Å². The maximum absolute atomic E-state index is 12.3. The van der Waals surface area contributed by atoms with E-state index in [0.29, 0.717) is 0 Å². The summed E-state index contributed by atoms with van der Waals surface area (Å²) >= 11 is 0. The van der Waals surface area contributed by atoms with Gasteiger partial charge in [-0.1, -0.05) is 6.92 Å². The molecule has 0 N–H and O–H groups in total. The van der Waals surface area contributed by atoms with Gasteiger partial charge in [-0.15, -0.1) is 0 Å². The Morgan fingerprint density at radius 3 is 2.33 bits per heavy atom. The van der Waals surface area contributed by atoms with E-state index in [0.717, 1.165) is 57.9 Å². The van der Waals surface area contributed by atoms with Gasteiger partial charge in [0, 0.05) is 26.2 Å². The highest BCUT2D eigenvalue weighted by Gasteiger charge is 2.23. The lowest BCUT2D eigenvalue weighted by Crippen LogP contribution is -2.47. The largest absolute Gasteiger partial charge is 0.325 e. The molecule has 1 fully saturated rings. The zero-order chi connectivity index (χ0) is 13.5. The van der Waals surface area contributed by atoms with Gasteiger partial charge in [0.1, 0.15) is 0 Å². The third kappa shape index (κ3) is 4.84. The monoisotopic (exact) mass is 255 g/mol. The van der Waals surface area contributed by atoms with Crippen molar-refractivity contribution in [3.63, 3.8) is 0 Å². The van der Waals surface area contributed by atoms with E-state index in [1.165, 1.54) is 0 Å². The van der Waals surface area contributed by atoms with Crippen LogP contribution in [-0.4, -0.2) is 67.5 Å². The summed E-state index contributed by atoms with van der Waals surface area (Å²) in [6.07, 6.45) is 3.36. The maximum atomic E-state index is 12.3. The highest BCUT2D eigenvalue weighted by Crippen LogP contribution is 2.17. The van der Waals surface area contributed by atoms with Crippen LogP contribution in [0.1, 0.15) is 33.1 Å². The van der Waals surface area contributed by atoms with Crippen molar-refractivity contribution in [2.75, 3.05) is 46.8 Å². The van der Waals surface area contributed by atoms with Crippen molar-refractivity contribution in [2.45, 2.75) is 33.1 Å². The molecule has 0 spiro atoms. The predicted octanol–water partition coefficient (Wildman–Crippen LogP) is 2.11. The molecule has 0 aliphatic carbocycles. The number of carbonyl (C=O) groups excluding carboxylic acids is 1. The fourth-order valence-electron chi connectivity index (χ4n) is 2.37. The van der Waals surface area contributed by atoms with Crippen LogP contribution in [0.25, 0.3) is 0 Å². The van der Waals surface area contributed by atoms with Crippen LogP contribution in [-0.2, 0) is 0 Å². The van der Waals surface area contributed by atoms with Gasteiger partial charge in [-0.3, -0.25) is 0 Å². The van der Waals surface area contributed by atoms with Crippen LogP contribution in [0, 0.1) is 5.92 Å². The number of rotatable bonds is 5. The Morgan fingerprint density at radius 2 is 1.83 bits per heavy atom. The SMILES string of the molecule is CCN(CCCN(C)C)C(=O)N1CCC(C)CC1. The van der Waals surface area contributed by atoms with Gasteiger partial charge >= 0.3 is 6.03 Å². The van der Waals surface area contributed by atoms with Crippen molar-refractivity contribution in [2.24, 2.45) is 5.92 Å². The maximum Gasteiger partial charge on any atom is 0.319 e. The number of amides is 2. The minimum absolute atomic E-state index is 0.239. The summed E-state index contributed by atoms with van der Waals surface area (Å²) in [7, 11) is 4.15. The predicted molar refractivity (Wildman–Crippen MR) is 75.8 cm³/mol. The smallest absolute Gasteiger partial charge is 0.319 e. The first-order chi connectivity index (χ1) is 8.54. The molecule has 4 heteroatoms. The van der Waals surface area contributed by atoms with Crippen molar-refractivity contribution >= 4 is 6.03 Å². The Morgan fingerprint density at radius 1 is 1.22 bits per heavy atom. The summed E-state index contributed by atoms with van der Waals surface area (Å²) in [6.45, 7) is 8.95. The quantitative estimate of drug-likeness (QED) is 0.752. The van der Waals surface area contributed by atoms with E-state index in [1.807, 2.05) is 9.80 Å². The number of piperidine rings is 1. The Labute approximate surface area is 112 Å². The molecule has 0 unspecified atom stereocenters. The average molecular weight is 255 g/mol. The van der Waals surface area contributed by atoms with E-state index in [9.17, 15) is 4.79 Å². The molecule has 0 aromatic carbocycles. The van der Waals surface area contributed by atoms with E-state index in [-0.39, 0.29) is 6.03 Å². The van der Waals surface area contributed by atoms with Gasteiger partial charge in [-0.2, -0.15) is 0 Å².